The Bertz CT molecular complexity index is 509. The molecule has 0 aliphatic heterocycles. The van der Waals surface area contributed by atoms with Crippen molar-refractivity contribution >= 4 is 17.7 Å². The number of amides is 2. The van der Waals surface area contributed by atoms with E-state index in [4.69, 9.17) is 5.11 Å². The van der Waals surface area contributed by atoms with Crippen molar-refractivity contribution in [3.05, 3.63) is 24.3 Å². The summed E-state index contributed by atoms with van der Waals surface area (Å²) in [5, 5.41) is 18.3. The van der Waals surface area contributed by atoms with Crippen molar-refractivity contribution in [2.24, 2.45) is 0 Å². The van der Waals surface area contributed by atoms with Gasteiger partial charge in [-0.15, -0.1) is 0 Å². The van der Waals surface area contributed by atoms with Gasteiger partial charge >= 0.3 is 12.0 Å². The number of aromatic hydroxyl groups is 1. The molecule has 1 aromatic carbocycles. The van der Waals surface area contributed by atoms with Crippen LogP contribution in [0.2, 0.25) is 0 Å². The first kappa shape index (κ1) is 15.2. The topological polar surface area (TPSA) is 81.1 Å². The number of carboxylic acids is 1. The minimum absolute atomic E-state index is 0.00633. The summed E-state index contributed by atoms with van der Waals surface area (Å²) in [6.07, 6.45) is 3.75. The van der Waals surface area contributed by atoms with Crippen LogP contribution in [0.5, 0.6) is 5.75 Å². The average molecular weight is 292 g/mol. The van der Waals surface area contributed by atoms with Crippen LogP contribution in [0.15, 0.2) is 24.3 Å². The van der Waals surface area contributed by atoms with E-state index in [9.17, 15) is 14.7 Å². The summed E-state index contributed by atoms with van der Waals surface area (Å²) in [6.45, 7) is -0.286. The molecule has 1 aliphatic rings. The van der Waals surface area contributed by atoms with Crippen LogP contribution in [0.25, 0.3) is 0 Å². The van der Waals surface area contributed by atoms with E-state index in [2.05, 4.69) is 0 Å². The molecule has 6 heteroatoms. The maximum atomic E-state index is 12.6. The van der Waals surface area contributed by atoms with E-state index < -0.39 is 5.97 Å². The Hall–Kier alpha value is -2.24. The number of carbonyl (C=O) groups is 2. The van der Waals surface area contributed by atoms with Crippen molar-refractivity contribution in [3.8, 4) is 5.75 Å². The molecule has 1 aromatic rings. The molecule has 0 radical (unpaired) electrons. The maximum Gasteiger partial charge on any atom is 0.324 e. The predicted octanol–water partition coefficient (Wildman–Crippen LogP) is 2.28. The smallest absolute Gasteiger partial charge is 0.324 e. The number of anilines is 1. The van der Waals surface area contributed by atoms with Crippen LogP contribution in [0.4, 0.5) is 10.5 Å². The van der Waals surface area contributed by atoms with Gasteiger partial charge in [-0.05, 0) is 37.1 Å². The minimum atomic E-state index is -1.01. The van der Waals surface area contributed by atoms with Gasteiger partial charge in [-0.2, -0.15) is 0 Å². The zero-order chi connectivity index (χ0) is 15.4. The first-order chi connectivity index (χ1) is 9.99. The Kier molecular flexibility index (Phi) is 4.67. The highest BCUT2D eigenvalue weighted by molar-refractivity contribution is 5.93. The van der Waals surface area contributed by atoms with Crippen molar-refractivity contribution < 1.29 is 19.8 Å². The van der Waals surface area contributed by atoms with Gasteiger partial charge in [0.15, 0.2) is 0 Å². The normalized spacial score (nSPS) is 14.9. The van der Waals surface area contributed by atoms with Gasteiger partial charge in [0.2, 0.25) is 0 Å². The molecule has 0 saturated heterocycles. The molecule has 114 valence electrons. The van der Waals surface area contributed by atoms with E-state index in [1.165, 1.54) is 21.9 Å². The molecule has 0 heterocycles. The summed E-state index contributed by atoms with van der Waals surface area (Å²) in [7, 11) is 1.61. The van der Waals surface area contributed by atoms with E-state index in [1.54, 1.807) is 19.2 Å². The van der Waals surface area contributed by atoms with Crippen molar-refractivity contribution in [1.82, 2.24) is 4.90 Å². The maximum absolute atomic E-state index is 12.6. The fourth-order valence-electron chi connectivity index (χ4n) is 2.69. The molecule has 0 atom stereocenters. The van der Waals surface area contributed by atoms with E-state index in [0.29, 0.717) is 5.69 Å². The van der Waals surface area contributed by atoms with E-state index in [1.807, 2.05) is 0 Å². The summed E-state index contributed by atoms with van der Waals surface area (Å²) >= 11 is 0. The first-order valence-electron chi connectivity index (χ1n) is 7.04. The third-order valence-electron chi connectivity index (χ3n) is 3.84. The van der Waals surface area contributed by atoms with E-state index in [-0.39, 0.29) is 24.4 Å². The molecule has 0 spiro atoms. The van der Waals surface area contributed by atoms with Crippen LogP contribution < -0.4 is 4.90 Å². The minimum Gasteiger partial charge on any atom is -0.508 e. The van der Waals surface area contributed by atoms with Crippen LogP contribution in [-0.4, -0.2) is 46.7 Å². The number of carboxylic acid groups (broad SMARTS) is 1. The van der Waals surface area contributed by atoms with Gasteiger partial charge in [0.05, 0.1) is 0 Å². The van der Waals surface area contributed by atoms with Crippen LogP contribution in [0, 0.1) is 0 Å². The van der Waals surface area contributed by atoms with E-state index >= 15 is 0 Å². The van der Waals surface area contributed by atoms with Crippen LogP contribution in [0.3, 0.4) is 0 Å². The lowest BCUT2D eigenvalue weighted by molar-refractivity contribution is -0.138. The monoisotopic (exact) mass is 292 g/mol. The zero-order valence-electron chi connectivity index (χ0n) is 12.0. The van der Waals surface area contributed by atoms with E-state index in [0.717, 1.165) is 25.7 Å². The Labute approximate surface area is 123 Å². The highest BCUT2D eigenvalue weighted by atomic mass is 16.4. The number of rotatable bonds is 4. The fraction of sp³-hybridized carbons (Fsp3) is 0.467. The quantitative estimate of drug-likeness (QED) is 0.892. The van der Waals surface area contributed by atoms with Gasteiger partial charge in [-0.1, -0.05) is 12.8 Å². The predicted molar refractivity (Wildman–Crippen MR) is 78.5 cm³/mol. The van der Waals surface area contributed by atoms with Gasteiger partial charge in [-0.3, -0.25) is 9.69 Å². The van der Waals surface area contributed by atoms with Gasteiger partial charge in [-0.25, -0.2) is 4.79 Å². The van der Waals surface area contributed by atoms with Crippen molar-refractivity contribution in [2.45, 2.75) is 31.7 Å². The Morgan fingerprint density at radius 3 is 2.29 bits per heavy atom. The molecule has 21 heavy (non-hydrogen) atoms. The molecule has 1 saturated carbocycles. The molecular formula is C15H20N2O4. The second-order valence-corrected chi connectivity index (χ2v) is 5.32. The highest BCUT2D eigenvalue weighted by Gasteiger charge is 2.30. The third-order valence-corrected chi connectivity index (χ3v) is 3.84. The summed E-state index contributed by atoms with van der Waals surface area (Å²) in [5.41, 5.74) is 0.617. The second-order valence-electron chi connectivity index (χ2n) is 5.32. The summed E-state index contributed by atoms with van der Waals surface area (Å²) in [5.74, 6) is -0.882. The van der Waals surface area contributed by atoms with Crippen molar-refractivity contribution in [1.29, 1.82) is 0 Å². The molecule has 2 rings (SSSR count). The average Bonchev–Trinajstić information content (AvgIpc) is 2.98. The van der Waals surface area contributed by atoms with Crippen molar-refractivity contribution in [3.63, 3.8) is 0 Å². The number of benzene rings is 1. The number of hydrogen-bond donors (Lipinski definition) is 2. The molecule has 0 bridgehead atoms. The van der Waals surface area contributed by atoms with Gasteiger partial charge in [0.1, 0.15) is 12.3 Å². The van der Waals surface area contributed by atoms with Gasteiger partial charge in [0.25, 0.3) is 0 Å². The number of aliphatic carboxylic acids is 1. The number of nitrogens with zero attached hydrogens (tertiary/aromatic N) is 2. The van der Waals surface area contributed by atoms with Gasteiger partial charge in [0, 0.05) is 18.8 Å². The molecule has 6 nitrogen and oxygen atoms in total. The SMILES string of the molecule is CN(C(=O)N(CC(=O)O)C1CCCC1)c1ccc(O)cc1. The second kappa shape index (κ2) is 6.47. The number of carbonyl (C=O) groups excluding carboxylic acids is 1. The zero-order valence-corrected chi connectivity index (χ0v) is 12.0. The molecule has 0 unspecified atom stereocenters. The molecule has 2 amide bonds. The Morgan fingerprint density at radius 2 is 1.76 bits per heavy atom. The molecule has 1 aliphatic carbocycles. The molecule has 2 N–H and O–H groups in total. The fourth-order valence-corrected chi connectivity index (χ4v) is 2.69. The summed E-state index contributed by atoms with van der Waals surface area (Å²) < 4.78 is 0. The van der Waals surface area contributed by atoms with Crippen LogP contribution in [0.1, 0.15) is 25.7 Å². The summed E-state index contributed by atoms with van der Waals surface area (Å²) in [6, 6.07) is 5.91. The largest absolute Gasteiger partial charge is 0.508 e. The van der Waals surface area contributed by atoms with Crippen molar-refractivity contribution in [2.75, 3.05) is 18.5 Å². The Morgan fingerprint density at radius 1 is 1.19 bits per heavy atom. The first-order valence-corrected chi connectivity index (χ1v) is 7.04. The number of phenolic OH excluding ortho intramolecular Hbond substituents is 1. The standard InChI is InChI=1S/C15H20N2O4/c1-16(11-6-8-13(18)9-7-11)15(21)17(10-14(19)20)12-4-2-3-5-12/h6-9,12,18H,2-5,10H2,1H3,(H,19,20). The highest BCUT2D eigenvalue weighted by Crippen LogP contribution is 2.26. The van der Waals surface area contributed by atoms with Crippen LogP contribution >= 0.6 is 0 Å². The molecule has 0 aromatic heterocycles. The third kappa shape index (κ3) is 3.65. The number of phenols is 1. The molecule has 1 fully saturated rings. The Balaban J connectivity index is 2.16. The summed E-state index contributed by atoms with van der Waals surface area (Å²) in [4.78, 5) is 26.5. The number of urea groups is 1. The van der Waals surface area contributed by atoms with Gasteiger partial charge < -0.3 is 15.1 Å². The lowest BCUT2D eigenvalue weighted by atomic mass is 10.2. The lowest BCUT2D eigenvalue weighted by Crippen LogP contribution is -2.48. The lowest BCUT2D eigenvalue weighted by Gasteiger charge is -2.31. The molecular weight excluding hydrogens is 272 g/mol. The number of hydrogen-bond acceptors (Lipinski definition) is 3. The van der Waals surface area contributed by atoms with Crippen LogP contribution in [-0.2, 0) is 4.79 Å².